The summed E-state index contributed by atoms with van der Waals surface area (Å²) in [7, 11) is 0. The van der Waals surface area contributed by atoms with E-state index < -0.39 is 0 Å². The summed E-state index contributed by atoms with van der Waals surface area (Å²) in [5, 5.41) is 3.03. The van der Waals surface area contributed by atoms with Crippen LogP contribution in [0.25, 0.3) is 0 Å². The molecular weight excluding hydrogens is 332 g/mol. The van der Waals surface area contributed by atoms with Gasteiger partial charge >= 0.3 is 0 Å². The van der Waals surface area contributed by atoms with Gasteiger partial charge in [0.15, 0.2) is 0 Å². The van der Waals surface area contributed by atoms with E-state index in [1.54, 1.807) is 15.9 Å². The van der Waals surface area contributed by atoms with Gasteiger partial charge in [-0.15, -0.1) is 0 Å². The van der Waals surface area contributed by atoms with Gasteiger partial charge < -0.3 is 20.9 Å². The van der Waals surface area contributed by atoms with Gasteiger partial charge in [0.25, 0.3) is 0 Å². The summed E-state index contributed by atoms with van der Waals surface area (Å²) in [6, 6.07) is 7.27. The van der Waals surface area contributed by atoms with Gasteiger partial charge in [-0.2, -0.15) is 0 Å². The molecule has 0 saturated carbocycles. The molecule has 7 nitrogen and oxygen atoms in total. The number of rotatable bonds is 5. The quantitative estimate of drug-likeness (QED) is 0.755. The summed E-state index contributed by atoms with van der Waals surface area (Å²) in [6.45, 7) is 1.64. The van der Waals surface area contributed by atoms with E-state index in [9.17, 15) is 14.4 Å². The van der Waals surface area contributed by atoms with E-state index >= 15 is 0 Å². The molecule has 0 spiro atoms. The molecule has 1 aromatic carbocycles. The Labute approximate surface area is 145 Å². The highest BCUT2D eigenvalue weighted by atomic mass is 35.5. The Balaban J connectivity index is 1.79. The van der Waals surface area contributed by atoms with Crippen LogP contribution in [0, 0.1) is 0 Å². The molecule has 8 heteroatoms. The lowest BCUT2D eigenvalue weighted by Gasteiger charge is -2.35. The van der Waals surface area contributed by atoms with Crippen molar-refractivity contribution in [3.8, 4) is 0 Å². The maximum absolute atomic E-state index is 12.3. The monoisotopic (exact) mass is 352 g/mol. The van der Waals surface area contributed by atoms with Crippen LogP contribution in [0.5, 0.6) is 0 Å². The highest BCUT2D eigenvalue weighted by Gasteiger charge is 2.24. The first-order chi connectivity index (χ1) is 11.5. The Hall–Kier alpha value is -2.12. The zero-order valence-corrected chi connectivity index (χ0v) is 14.1. The van der Waals surface area contributed by atoms with Crippen molar-refractivity contribution in [2.24, 2.45) is 5.73 Å². The Morgan fingerprint density at radius 1 is 1.04 bits per heavy atom. The molecule has 0 atom stereocenters. The van der Waals surface area contributed by atoms with Crippen LogP contribution in [0.15, 0.2) is 24.3 Å². The molecule has 0 aliphatic carbocycles. The standard InChI is InChI=1S/C16H21ClN4O3/c17-13-4-2-1-3-12(13)9-15(23)20-5-7-21(8-6-20)16(24)11-19-14(22)10-18/h1-4H,5-11,18H2,(H,19,22). The highest BCUT2D eigenvalue weighted by molar-refractivity contribution is 6.31. The molecule has 3 N–H and O–H groups in total. The van der Waals surface area contributed by atoms with E-state index in [4.69, 9.17) is 17.3 Å². The van der Waals surface area contributed by atoms with Crippen molar-refractivity contribution >= 4 is 29.3 Å². The van der Waals surface area contributed by atoms with Gasteiger partial charge in [-0.3, -0.25) is 14.4 Å². The number of carbonyl (C=O) groups is 3. The fraction of sp³-hybridized carbons (Fsp3) is 0.438. The number of carbonyl (C=O) groups excluding carboxylic acids is 3. The van der Waals surface area contributed by atoms with Crippen LogP contribution in [0.3, 0.4) is 0 Å². The number of nitrogens with two attached hydrogens (primary N) is 1. The molecule has 1 fully saturated rings. The maximum Gasteiger partial charge on any atom is 0.242 e. The van der Waals surface area contributed by atoms with Crippen LogP contribution < -0.4 is 11.1 Å². The topological polar surface area (TPSA) is 95.7 Å². The normalized spacial score (nSPS) is 14.4. The number of hydrogen-bond donors (Lipinski definition) is 2. The zero-order valence-electron chi connectivity index (χ0n) is 13.3. The molecule has 1 aliphatic rings. The van der Waals surface area contributed by atoms with E-state index in [0.29, 0.717) is 31.2 Å². The Morgan fingerprint density at radius 2 is 1.62 bits per heavy atom. The van der Waals surface area contributed by atoms with Crippen LogP contribution in [0.2, 0.25) is 5.02 Å². The second kappa shape index (κ2) is 8.65. The number of nitrogens with one attached hydrogen (secondary N) is 1. The van der Waals surface area contributed by atoms with Gasteiger partial charge in [0, 0.05) is 31.2 Å². The first kappa shape index (κ1) is 18.2. The summed E-state index contributed by atoms with van der Waals surface area (Å²) in [5.74, 6) is -0.543. The molecule has 1 saturated heterocycles. The zero-order chi connectivity index (χ0) is 17.5. The van der Waals surface area contributed by atoms with Crippen molar-refractivity contribution in [2.75, 3.05) is 39.3 Å². The molecule has 1 heterocycles. The van der Waals surface area contributed by atoms with Crippen molar-refractivity contribution in [2.45, 2.75) is 6.42 Å². The lowest BCUT2D eigenvalue weighted by Crippen LogP contribution is -2.53. The van der Waals surface area contributed by atoms with Gasteiger partial charge in [0.2, 0.25) is 17.7 Å². The van der Waals surface area contributed by atoms with Crippen LogP contribution in [-0.4, -0.2) is 66.8 Å². The molecule has 0 unspecified atom stereocenters. The number of nitrogens with zero attached hydrogens (tertiary/aromatic N) is 2. The third-order valence-corrected chi connectivity index (χ3v) is 4.28. The lowest BCUT2D eigenvalue weighted by atomic mass is 10.1. The van der Waals surface area contributed by atoms with Gasteiger partial charge in [-0.1, -0.05) is 29.8 Å². The van der Waals surface area contributed by atoms with Crippen LogP contribution in [0.4, 0.5) is 0 Å². The lowest BCUT2D eigenvalue weighted by molar-refractivity contribution is -0.139. The van der Waals surface area contributed by atoms with Crippen molar-refractivity contribution in [3.63, 3.8) is 0 Å². The van der Waals surface area contributed by atoms with Gasteiger partial charge in [0.1, 0.15) is 0 Å². The largest absolute Gasteiger partial charge is 0.346 e. The predicted octanol–water partition coefficient (Wildman–Crippen LogP) is -0.372. The predicted molar refractivity (Wildman–Crippen MR) is 90.4 cm³/mol. The first-order valence-corrected chi connectivity index (χ1v) is 8.14. The summed E-state index contributed by atoms with van der Waals surface area (Å²) in [4.78, 5) is 38.8. The van der Waals surface area contributed by atoms with Crippen molar-refractivity contribution in [1.82, 2.24) is 15.1 Å². The second-order valence-electron chi connectivity index (χ2n) is 5.51. The summed E-state index contributed by atoms with van der Waals surface area (Å²) >= 11 is 6.08. The van der Waals surface area contributed by atoms with E-state index in [1.807, 2.05) is 18.2 Å². The average molecular weight is 353 g/mol. The molecule has 0 aromatic heterocycles. The molecule has 1 aromatic rings. The molecular formula is C16H21ClN4O3. The second-order valence-corrected chi connectivity index (χ2v) is 5.92. The fourth-order valence-electron chi connectivity index (χ4n) is 2.48. The molecule has 0 bridgehead atoms. The third-order valence-electron chi connectivity index (χ3n) is 3.91. The fourth-order valence-corrected chi connectivity index (χ4v) is 2.68. The number of benzene rings is 1. The van der Waals surface area contributed by atoms with Gasteiger partial charge in [0.05, 0.1) is 19.5 Å². The molecule has 24 heavy (non-hydrogen) atoms. The molecule has 2 rings (SSSR count). The van der Waals surface area contributed by atoms with E-state index in [1.165, 1.54) is 0 Å². The average Bonchev–Trinajstić information content (AvgIpc) is 2.61. The summed E-state index contributed by atoms with van der Waals surface area (Å²) in [5.41, 5.74) is 5.97. The van der Waals surface area contributed by atoms with Crippen molar-refractivity contribution in [1.29, 1.82) is 0 Å². The third kappa shape index (κ3) is 4.94. The first-order valence-electron chi connectivity index (χ1n) is 7.77. The van der Waals surface area contributed by atoms with Gasteiger partial charge in [-0.25, -0.2) is 0 Å². The molecule has 3 amide bonds. The smallest absolute Gasteiger partial charge is 0.242 e. The van der Waals surface area contributed by atoms with E-state index in [0.717, 1.165) is 5.56 Å². The summed E-state index contributed by atoms with van der Waals surface area (Å²) in [6.07, 6.45) is 0.250. The molecule has 130 valence electrons. The minimum absolute atomic E-state index is 0.00775. The number of piperazine rings is 1. The SMILES string of the molecule is NCC(=O)NCC(=O)N1CCN(C(=O)Cc2ccccc2Cl)CC1. The van der Waals surface area contributed by atoms with Crippen LogP contribution in [0.1, 0.15) is 5.56 Å². The highest BCUT2D eigenvalue weighted by Crippen LogP contribution is 2.16. The summed E-state index contributed by atoms with van der Waals surface area (Å²) < 4.78 is 0. The van der Waals surface area contributed by atoms with Crippen LogP contribution >= 0.6 is 11.6 Å². The minimum Gasteiger partial charge on any atom is -0.346 e. The Morgan fingerprint density at radius 3 is 2.21 bits per heavy atom. The number of amides is 3. The Kier molecular flexibility index (Phi) is 6.57. The minimum atomic E-state index is -0.364. The van der Waals surface area contributed by atoms with Crippen LogP contribution in [-0.2, 0) is 20.8 Å². The molecule has 1 aliphatic heterocycles. The van der Waals surface area contributed by atoms with E-state index in [-0.39, 0.29) is 37.2 Å². The van der Waals surface area contributed by atoms with Crippen molar-refractivity contribution in [3.05, 3.63) is 34.9 Å². The van der Waals surface area contributed by atoms with Gasteiger partial charge in [-0.05, 0) is 11.6 Å². The molecule has 0 radical (unpaired) electrons. The van der Waals surface area contributed by atoms with Crippen molar-refractivity contribution < 1.29 is 14.4 Å². The maximum atomic E-state index is 12.3. The number of halogens is 1. The number of hydrogen-bond acceptors (Lipinski definition) is 4. The van der Waals surface area contributed by atoms with E-state index in [2.05, 4.69) is 5.32 Å². The Bertz CT molecular complexity index is 615.